The molecule has 0 bridgehead atoms. The van der Waals surface area contributed by atoms with Gasteiger partial charge in [-0.1, -0.05) is 36.4 Å². The van der Waals surface area contributed by atoms with Crippen molar-refractivity contribution in [1.82, 2.24) is 0 Å². The van der Waals surface area contributed by atoms with E-state index in [4.69, 9.17) is 11.5 Å². The zero-order valence-electron chi connectivity index (χ0n) is 11.1. The molecule has 0 atom stereocenters. The minimum Gasteiger partial charge on any atom is -0.545 e. The summed E-state index contributed by atoms with van der Waals surface area (Å²) in [5.41, 5.74) is 11.2. The van der Waals surface area contributed by atoms with Crippen molar-refractivity contribution < 1.29 is 19.8 Å². The van der Waals surface area contributed by atoms with Crippen LogP contribution in [0.5, 0.6) is 0 Å². The van der Waals surface area contributed by atoms with Gasteiger partial charge in [0.15, 0.2) is 0 Å². The molecule has 0 fully saturated rings. The summed E-state index contributed by atoms with van der Waals surface area (Å²) in [6.07, 6.45) is 0. The SMILES string of the molecule is Nc1ccccc1C(=O)[O-].Nc1ccccc1C(=O)[O-].[Ca+2]. The average Bonchev–Trinajstić information content (AvgIpc) is 2.40. The van der Waals surface area contributed by atoms with Crippen molar-refractivity contribution in [3.63, 3.8) is 0 Å². The predicted octanol–water partition coefficient (Wildman–Crippen LogP) is -1.12. The maximum Gasteiger partial charge on any atom is 2.00 e. The van der Waals surface area contributed by atoms with Crippen molar-refractivity contribution in [2.45, 2.75) is 0 Å². The van der Waals surface area contributed by atoms with E-state index >= 15 is 0 Å². The third-order valence-corrected chi connectivity index (χ3v) is 2.36. The zero-order valence-corrected chi connectivity index (χ0v) is 13.3. The molecule has 0 aromatic heterocycles. The van der Waals surface area contributed by atoms with Crippen LogP contribution < -0.4 is 21.7 Å². The quantitative estimate of drug-likeness (QED) is 0.533. The number of carbonyl (C=O) groups excluding carboxylic acids is 2. The number of hydrogen-bond acceptors (Lipinski definition) is 6. The van der Waals surface area contributed by atoms with Crippen LogP contribution in [0.2, 0.25) is 0 Å². The molecular weight excluding hydrogens is 300 g/mol. The number of carboxylic acids is 2. The molecule has 2 aromatic rings. The second-order valence-electron chi connectivity index (χ2n) is 3.75. The van der Waals surface area contributed by atoms with Gasteiger partial charge in [-0.25, -0.2) is 0 Å². The zero-order chi connectivity index (χ0) is 15.1. The summed E-state index contributed by atoms with van der Waals surface area (Å²) >= 11 is 0. The van der Waals surface area contributed by atoms with Crippen LogP contribution in [0.15, 0.2) is 48.5 Å². The van der Waals surface area contributed by atoms with Gasteiger partial charge in [0.25, 0.3) is 0 Å². The molecule has 0 saturated heterocycles. The number of aromatic carboxylic acids is 2. The van der Waals surface area contributed by atoms with E-state index in [2.05, 4.69) is 0 Å². The standard InChI is InChI=1S/2C7H7NO2.Ca/c2*8-6-4-2-1-3-5(6)7(9)10;/h2*1-4H,8H2,(H,9,10);/q;;+2/p-2. The summed E-state index contributed by atoms with van der Waals surface area (Å²) in [6.45, 7) is 0. The van der Waals surface area contributed by atoms with Gasteiger partial charge >= 0.3 is 37.7 Å². The Morgan fingerprint density at radius 3 is 1.19 bits per heavy atom. The van der Waals surface area contributed by atoms with Crippen LogP contribution >= 0.6 is 0 Å². The minimum absolute atomic E-state index is 0. The Kier molecular flexibility index (Phi) is 8.45. The van der Waals surface area contributed by atoms with Crippen molar-refractivity contribution in [1.29, 1.82) is 0 Å². The number of nitrogens with two attached hydrogens (primary N) is 2. The Balaban J connectivity index is 0.000000364. The molecule has 104 valence electrons. The van der Waals surface area contributed by atoms with E-state index in [-0.39, 0.29) is 60.2 Å². The minimum atomic E-state index is -1.24. The van der Waals surface area contributed by atoms with Gasteiger partial charge in [-0.3, -0.25) is 0 Å². The molecule has 2 aromatic carbocycles. The number of carbonyl (C=O) groups is 2. The van der Waals surface area contributed by atoms with Crippen molar-refractivity contribution in [3.8, 4) is 0 Å². The molecule has 0 amide bonds. The predicted molar refractivity (Wildman–Crippen MR) is 76.1 cm³/mol. The molecule has 0 aliphatic rings. The molecule has 21 heavy (non-hydrogen) atoms. The molecular formula is C14H12CaN2O4. The van der Waals surface area contributed by atoms with Gasteiger partial charge in [-0.2, -0.15) is 0 Å². The number of benzene rings is 2. The van der Waals surface area contributed by atoms with E-state index in [1.807, 2.05) is 0 Å². The average molecular weight is 312 g/mol. The monoisotopic (exact) mass is 312 g/mol. The van der Waals surface area contributed by atoms with Gasteiger partial charge in [0.05, 0.1) is 11.9 Å². The number of anilines is 2. The Morgan fingerprint density at radius 1 is 0.714 bits per heavy atom. The topological polar surface area (TPSA) is 132 Å². The van der Waals surface area contributed by atoms with E-state index in [0.717, 1.165) is 0 Å². The van der Waals surface area contributed by atoms with Crippen molar-refractivity contribution in [2.75, 3.05) is 11.5 Å². The normalized spacial score (nSPS) is 8.76. The van der Waals surface area contributed by atoms with Gasteiger partial charge in [-0.05, 0) is 12.1 Å². The summed E-state index contributed by atoms with van der Waals surface area (Å²) in [4.78, 5) is 20.5. The summed E-state index contributed by atoms with van der Waals surface area (Å²) in [6, 6.07) is 12.4. The third-order valence-electron chi connectivity index (χ3n) is 2.36. The fourth-order valence-corrected chi connectivity index (χ4v) is 1.37. The maximum absolute atomic E-state index is 10.2. The molecule has 0 radical (unpaired) electrons. The van der Waals surface area contributed by atoms with Crippen LogP contribution in [-0.4, -0.2) is 49.7 Å². The Morgan fingerprint density at radius 2 is 1.00 bits per heavy atom. The molecule has 0 spiro atoms. The number of carboxylic acid groups (broad SMARTS) is 2. The van der Waals surface area contributed by atoms with E-state index in [0.29, 0.717) is 0 Å². The second-order valence-corrected chi connectivity index (χ2v) is 3.75. The summed E-state index contributed by atoms with van der Waals surface area (Å²) < 4.78 is 0. The van der Waals surface area contributed by atoms with Gasteiger partial charge in [0, 0.05) is 22.5 Å². The summed E-state index contributed by atoms with van der Waals surface area (Å²) in [7, 11) is 0. The first-order valence-corrected chi connectivity index (χ1v) is 5.55. The molecule has 2 rings (SSSR count). The Hall–Kier alpha value is -1.76. The number of para-hydroxylation sites is 2. The second kappa shape index (κ2) is 9.23. The van der Waals surface area contributed by atoms with Crippen LogP contribution in [0, 0.1) is 0 Å². The number of nitrogen functional groups attached to an aromatic ring is 2. The smallest absolute Gasteiger partial charge is 0.545 e. The Labute approximate surface area is 151 Å². The molecule has 0 aliphatic carbocycles. The van der Waals surface area contributed by atoms with Crippen molar-refractivity contribution >= 4 is 61.1 Å². The van der Waals surface area contributed by atoms with Gasteiger partial charge in [-0.15, -0.1) is 0 Å². The fraction of sp³-hybridized carbons (Fsp3) is 0. The van der Waals surface area contributed by atoms with Gasteiger partial charge < -0.3 is 31.3 Å². The first kappa shape index (κ1) is 19.2. The maximum atomic E-state index is 10.2. The first-order chi connectivity index (χ1) is 9.43. The van der Waals surface area contributed by atoms with E-state index < -0.39 is 11.9 Å². The van der Waals surface area contributed by atoms with Crippen LogP contribution in [0.1, 0.15) is 20.7 Å². The largest absolute Gasteiger partial charge is 2.00 e. The fourth-order valence-electron chi connectivity index (χ4n) is 1.37. The van der Waals surface area contributed by atoms with E-state index in [9.17, 15) is 19.8 Å². The summed E-state index contributed by atoms with van der Waals surface area (Å²) in [5.74, 6) is -2.48. The molecule has 0 unspecified atom stereocenters. The first-order valence-electron chi connectivity index (χ1n) is 5.55. The molecule has 0 aliphatic heterocycles. The van der Waals surface area contributed by atoms with Gasteiger partial charge in [0.2, 0.25) is 0 Å². The van der Waals surface area contributed by atoms with E-state index in [1.54, 1.807) is 24.3 Å². The summed E-state index contributed by atoms with van der Waals surface area (Å²) in [5, 5.41) is 20.5. The molecule has 7 heteroatoms. The number of hydrogen-bond donors (Lipinski definition) is 2. The Bertz CT molecular complexity index is 576. The molecule has 0 heterocycles. The van der Waals surface area contributed by atoms with Crippen LogP contribution in [0.3, 0.4) is 0 Å². The van der Waals surface area contributed by atoms with Crippen LogP contribution in [0.25, 0.3) is 0 Å². The van der Waals surface area contributed by atoms with E-state index in [1.165, 1.54) is 24.3 Å². The van der Waals surface area contributed by atoms with Crippen LogP contribution in [-0.2, 0) is 0 Å². The van der Waals surface area contributed by atoms with Crippen molar-refractivity contribution in [3.05, 3.63) is 59.7 Å². The van der Waals surface area contributed by atoms with Crippen molar-refractivity contribution in [2.24, 2.45) is 0 Å². The molecule has 0 saturated carbocycles. The molecule has 6 nitrogen and oxygen atoms in total. The number of rotatable bonds is 2. The molecule has 4 N–H and O–H groups in total. The third kappa shape index (κ3) is 6.03. The van der Waals surface area contributed by atoms with Crippen LogP contribution in [0.4, 0.5) is 11.4 Å². The van der Waals surface area contributed by atoms with Gasteiger partial charge in [0.1, 0.15) is 0 Å².